The van der Waals surface area contributed by atoms with Crippen LogP contribution in [0.25, 0.3) is 10.8 Å². The fourth-order valence-corrected chi connectivity index (χ4v) is 3.65. The van der Waals surface area contributed by atoms with E-state index >= 15 is 0 Å². The molecular weight excluding hydrogens is 516 g/mol. The molecule has 0 spiro atoms. The van der Waals surface area contributed by atoms with Crippen LogP contribution in [-0.4, -0.2) is 70.9 Å². The van der Waals surface area contributed by atoms with Crippen LogP contribution in [-0.2, 0) is 28.5 Å². The number of ether oxygens (including phenoxy) is 7. The van der Waals surface area contributed by atoms with Crippen LogP contribution in [0.3, 0.4) is 0 Å². The Morgan fingerprint density at radius 1 is 0.775 bits per heavy atom. The minimum atomic E-state index is -0.644. The first kappa shape index (κ1) is 32.7. The highest BCUT2D eigenvalue weighted by molar-refractivity contribution is 5.95. The summed E-state index contributed by atoms with van der Waals surface area (Å²) in [6.45, 7) is 12.7. The highest BCUT2D eigenvalue weighted by Gasteiger charge is 2.21. The quantitative estimate of drug-likeness (QED) is 0.113. The molecular formula is C31H42O9. The molecule has 0 radical (unpaired) electrons. The van der Waals surface area contributed by atoms with E-state index in [0.717, 1.165) is 48.6 Å². The van der Waals surface area contributed by atoms with Gasteiger partial charge in [-0.15, -0.1) is 0 Å². The van der Waals surface area contributed by atoms with Gasteiger partial charge < -0.3 is 33.2 Å². The Kier molecular flexibility index (Phi) is 15.2. The first-order chi connectivity index (χ1) is 19.5. The van der Waals surface area contributed by atoms with Gasteiger partial charge in [0.25, 0.3) is 0 Å². The maximum atomic E-state index is 11.9. The zero-order valence-corrected chi connectivity index (χ0v) is 23.9. The van der Waals surface area contributed by atoms with Crippen LogP contribution in [0.2, 0.25) is 0 Å². The van der Waals surface area contributed by atoms with Crippen LogP contribution in [0.4, 0.5) is 0 Å². The number of fused-ring (bicyclic) bond motifs is 1. The number of methoxy groups -OCH3 is 1. The van der Waals surface area contributed by atoms with E-state index in [2.05, 4.69) is 27.0 Å². The first-order valence-electron chi connectivity index (χ1n) is 13.6. The van der Waals surface area contributed by atoms with Gasteiger partial charge in [-0.05, 0) is 12.8 Å². The van der Waals surface area contributed by atoms with E-state index < -0.39 is 24.1 Å². The Morgan fingerprint density at radius 3 is 1.80 bits per heavy atom. The third-order valence-electron chi connectivity index (χ3n) is 5.77. The number of hydrogen-bond donors (Lipinski definition) is 0. The minimum absolute atomic E-state index is 0.0426. The topological polar surface area (TPSA) is 98.8 Å². The molecule has 9 heteroatoms. The zero-order valence-electron chi connectivity index (χ0n) is 23.9. The normalized spacial score (nSPS) is 12.3. The molecule has 0 heterocycles. The summed E-state index contributed by atoms with van der Waals surface area (Å²) in [5, 5.41) is 1.49. The van der Waals surface area contributed by atoms with E-state index in [9.17, 15) is 9.59 Å². The van der Waals surface area contributed by atoms with Gasteiger partial charge in [0.1, 0.15) is 19.0 Å². The maximum absolute atomic E-state index is 11.9. The van der Waals surface area contributed by atoms with Crippen LogP contribution in [0.15, 0.2) is 55.6 Å². The smallest absolute Gasteiger partial charge is 0.330 e. The highest BCUT2D eigenvalue weighted by Crippen LogP contribution is 2.41. The fourth-order valence-electron chi connectivity index (χ4n) is 3.65. The van der Waals surface area contributed by atoms with Crippen molar-refractivity contribution in [3.63, 3.8) is 0 Å². The molecule has 0 N–H and O–H groups in total. The second kappa shape index (κ2) is 18.7. The average Bonchev–Trinajstić information content (AvgIpc) is 2.98. The SMILES string of the molecule is C=CC(=O)OC(COCCCC)COc1cc(OC)c(OCC(COCCCC)OC(=O)C=C)c2ccccc12. The van der Waals surface area contributed by atoms with Gasteiger partial charge in [0.05, 0.1) is 20.3 Å². The Labute approximate surface area is 237 Å². The molecule has 0 bridgehead atoms. The Balaban J connectivity index is 2.24. The van der Waals surface area contributed by atoms with Crippen molar-refractivity contribution in [2.45, 2.75) is 51.7 Å². The third-order valence-corrected chi connectivity index (χ3v) is 5.77. The molecule has 0 aromatic heterocycles. The predicted molar refractivity (Wildman–Crippen MR) is 153 cm³/mol. The molecule has 2 unspecified atom stereocenters. The lowest BCUT2D eigenvalue weighted by molar-refractivity contribution is -0.148. The van der Waals surface area contributed by atoms with E-state index in [1.54, 1.807) is 6.07 Å². The van der Waals surface area contributed by atoms with Gasteiger partial charge in [-0.3, -0.25) is 0 Å². The summed E-state index contributed by atoms with van der Waals surface area (Å²) in [6, 6.07) is 9.24. The Bertz CT molecular complexity index is 1080. The number of hydrogen-bond acceptors (Lipinski definition) is 9. The molecule has 2 atom stereocenters. The minimum Gasteiger partial charge on any atom is -0.493 e. The molecule has 9 nitrogen and oxygen atoms in total. The largest absolute Gasteiger partial charge is 0.493 e. The highest BCUT2D eigenvalue weighted by atomic mass is 16.6. The summed E-state index contributed by atoms with van der Waals surface area (Å²) in [6.07, 6.45) is 4.75. The second-order valence-corrected chi connectivity index (χ2v) is 8.96. The third kappa shape index (κ3) is 10.9. The monoisotopic (exact) mass is 558 g/mol. The number of unbranched alkanes of at least 4 members (excludes halogenated alkanes) is 2. The van der Waals surface area contributed by atoms with Crippen molar-refractivity contribution in [1.29, 1.82) is 0 Å². The van der Waals surface area contributed by atoms with Crippen LogP contribution in [0.5, 0.6) is 17.2 Å². The van der Waals surface area contributed by atoms with Crippen molar-refractivity contribution in [2.75, 3.05) is 46.8 Å². The predicted octanol–water partition coefficient (Wildman–Crippen LogP) is 5.44. The van der Waals surface area contributed by atoms with E-state index in [-0.39, 0.29) is 26.4 Å². The van der Waals surface area contributed by atoms with Gasteiger partial charge >= 0.3 is 11.9 Å². The van der Waals surface area contributed by atoms with Crippen LogP contribution in [0, 0.1) is 0 Å². The van der Waals surface area contributed by atoms with E-state index in [0.29, 0.717) is 30.5 Å². The molecule has 0 aliphatic rings. The lowest BCUT2D eigenvalue weighted by Crippen LogP contribution is -2.30. The lowest BCUT2D eigenvalue weighted by Gasteiger charge is -2.22. The molecule has 0 amide bonds. The van der Waals surface area contributed by atoms with Crippen molar-refractivity contribution in [3.05, 3.63) is 55.6 Å². The zero-order chi connectivity index (χ0) is 29.2. The number of benzene rings is 2. The molecule has 0 aliphatic carbocycles. The van der Waals surface area contributed by atoms with Crippen molar-refractivity contribution in [3.8, 4) is 17.2 Å². The number of carbonyl (C=O) groups excluding carboxylic acids is 2. The molecule has 2 aromatic carbocycles. The molecule has 0 fully saturated rings. The number of carbonyl (C=O) groups is 2. The number of esters is 2. The van der Waals surface area contributed by atoms with E-state index in [1.807, 2.05) is 24.3 Å². The Morgan fingerprint density at radius 2 is 1.30 bits per heavy atom. The van der Waals surface area contributed by atoms with Gasteiger partial charge in [-0.25, -0.2) is 9.59 Å². The van der Waals surface area contributed by atoms with E-state index in [1.165, 1.54) is 7.11 Å². The molecule has 0 aliphatic heterocycles. The molecule has 40 heavy (non-hydrogen) atoms. The molecule has 2 rings (SSSR count). The van der Waals surface area contributed by atoms with Gasteiger partial charge in [0, 0.05) is 42.2 Å². The van der Waals surface area contributed by atoms with Crippen LogP contribution in [0.1, 0.15) is 39.5 Å². The summed E-state index contributed by atoms with van der Waals surface area (Å²) in [5.74, 6) is 0.304. The second-order valence-electron chi connectivity index (χ2n) is 8.96. The molecule has 0 saturated heterocycles. The summed E-state index contributed by atoms with van der Waals surface area (Å²) in [5.41, 5.74) is 0. The molecule has 0 saturated carbocycles. The molecule has 2 aromatic rings. The van der Waals surface area contributed by atoms with E-state index in [4.69, 9.17) is 33.2 Å². The summed E-state index contributed by atoms with van der Waals surface area (Å²) >= 11 is 0. The van der Waals surface area contributed by atoms with Gasteiger partial charge in [0.2, 0.25) is 0 Å². The summed E-state index contributed by atoms with van der Waals surface area (Å²) in [4.78, 5) is 23.7. The van der Waals surface area contributed by atoms with Crippen LogP contribution < -0.4 is 14.2 Å². The summed E-state index contributed by atoms with van der Waals surface area (Å²) < 4.78 is 40.1. The number of rotatable bonds is 21. The first-order valence-corrected chi connectivity index (χ1v) is 13.6. The van der Waals surface area contributed by atoms with Crippen molar-refractivity contribution in [1.82, 2.24) is 0 Å². The van der Waals surface area contributed by atoms with Crippen molar-refractivity contribution < 1.29 is 42.7 Å². The maximum Gasteiger partial charge on any atom is 0.330 e. The summed E-state index contributed by atoms with van der Waals surface area (Å²) in [7, 11) is 1.53. The molecule has 220 valence electrons. The van der Waals surface area contributed by atoms with Crippen molar-refractivity contribution in [2.24, 2.45) is 0 Å². The standard InChI is InChI=1S/C31H42O9/c1-6-10-16-35-19-23(39-29(32)8-3)21-37-27-18-28(34-5)31(26-15-13-12-14-25(26)27)38-22-24(40-30(33)9-4)20-36-17-11-7-2/h8-9,12-15,18,23-24H,3-4,6-7,10-11,16-17,19-22H2,1-2,5H3. The van der Waals surface area contributed by atoms with Gasteiger partial charge in [-0.2, -0.15) is 0 Å². The fraction of sp³-hybridized carbons (Fsp3) is 0.484. The van der Waals surface area contributed by atoms with Gasteiger partial charge in [0.15, 0.2) is 23.7 Å². The van der Waals surface area contributed by atoms with Crippen molar-refractivity contribution >= 4 is 22.7 Å². The van der Waals surface area contributed by atoms with Crippen LogP contribution >= 0.6 is 0 Å². The van der Waals surface area contributed by atoms with Gasteiger partial charge in [-0.1, -0.05) is 64.1 Å². The Hall–Kier alpha value is -3.56. The average molecular weight is 559 g/mol. The lowest BCUT2D eigenvalue weighted by atomic mass is 10.1.